The van der Waals surface area contributed by atoms with Gasteiger partial charge in [0.1, 0.15) is 11.5 Å². The van der Waals surface area contributed by atoms with Crippen LogP contribution in [0.1, 0.15) is 181 Å². The van der Waals surface area contributed by atoms with Crippen molar-refractivity contribution in [3.63, 3.8) is 0 Å². The maximum Gasteiger partial charge on any atom is 0.138 e. The molecular formula is C88H76OS6. The van der Waals surface area contributed by atoms with Gasteiger partial charge < -0.3 is 4.42 Å². The average molecular weight is 1340 g/mol. The van der Waals surface area contributed by atoms with Gasteiger partial charge in [0.05, 0.1) is 4.70 Å². The third-order valence-corrected chi connectivity index (χ3v) is 30.6. The van der Waals surface area contributed by atoms with E-state index in [-0.39, 0.29) is 32.5 Å². The van der Waals surface area contributed by atoms with Crippen molar-refractivity contribution in [2.24, 2.45) is 0 Å². The lowest BCUT2D eigenvalue weighted by Crippen LogP contribution is -2.26. The first-order valence-electron chi connectivity index (χ1n) is 33.9. The van der Waals surface area contributed by atoms with Gasteiger partial charge in [-0.2, -0.15) is 0 Å². The smallest absolute Gasteiger partial charge is 0.138 e. The van der Waals surface area contributed by atoms with Crippen molar-refractivity contribution < 1.29 is 4.42 Å². The van der Waals surface area contributed by atoms with Gasteiger partial charge in [0.15, 0.2) is 0 Å². The first-order chi connectivity index (χ1) is 45.1. The second-order valence-electron chi connectivity index (χ2n) is 31.7. The number of aryl methyl sites for hydroxylation is 6. The topological polar surface area (TPSA) is 13.1 Å². The summed E-state index contributed by atoms with van der Waals surface area (Å²) in [5.41, 5.74) is 28.6. The summed E-state index contributed by atoms with van der Waals surface area (Å²) in [4.78, 5) is 11.6. The molecule has 1 nitrogen and oxygen atoms in total. The van der Waals surface area contributed by atoms with Gasteiger partial charge in [-0.05, 0) is 182 Å². The predicted octanol–water partition coefficient (Wildman–Crippen LogP) is 27.6. The van der Waals surface area contributed by atoms with Crippen LogP contribution in [0.4, 0.5) is 0 Å². The molecule has 7 heteroatoms. The van der Waals surface area contributed by atoms with Crippen LogP contribution >= 0.6 is 68.0 Å². The minimum atomic E-state index is -0.0625. The first kappa shape index (κ1) is 59.1. The second kappa shape index (κ2) is 18.9. The van der Waals surface area contributed by atoms with Gasteiger partial charge >= 0.3 is 0 Å². The van der Waals surface area contributed by atoms with Gasteiger partial charge in [0.2, 0.25) is 0 Å². The summed E-state index contributed by atoms with van der Waals surface area (Å²) in [7, 11) is 0. The fraction of sp³-hybridized carbons (Fsp3) is 0.273. The van der Waals surface area contributed by atoms with Crippen LogP contribution in [0.25, 0.3) is 125 Å². The van der Waals surface area contributed by atoms with E-state index in [0.717, 1.165) is 11.5 Å². The van der Waals surface area contributed by atoms with Crippen molar-refractivity contribution in [2.75, 3.05) is 0 Å². The number of benzene rings is 8. The van der Waals surface area contributed by atoms with E-state index in [4.69, 9.17) is 4.42 Å². The van der Waals surface area contributed by atoms with Crippen LogP contribution in [0.3, 0.4) is 0 Å². The molecule has 0 N–H and O–H groups in total. The van der Waals surface area contributed by atoms with Gasteiger partial charge in [0.25, 0.3) is 0 Å². The van der Waals surface area contributed by atoms with E-state index in [2.05, 4.69) is 258 Å². The molecule has 15 aromatic rings. The highest BCUT2D eigenvalue weighted by atomic mass is 32.1. The Bertz CT molecular complexity index is 5790. The van der Waals surface area contributed by atoms with Crippen molar-refractivity contribution in [1.82, 2.24) is 0 Å². The molecule has 0 unspecified atom stereocenters. The van der Waals surface area contributed by atoms with Crippen LogP contribution in [-0.2, 0) is 32.5 Å². The van der Waals surface area contributed by atoms with Gasteiger partial charge in [0, 0.05) is 125 Å². The average Bonchev–Trinajstić information content (AvgIpc) is 1.67. The van der Waals surface area contributed by atoms with Crippen LogP contribution in [0.15, 0.2) is 138 Å². The Balaban J connectivity index is 0.000000102. The Morgan fingerprint density at radius 3 is 1.03 bits per heavy atom. The van der Waals surface area contributed by atoms with Crippen molar-refractivity contribution in [3.8, 4) is 63.5 Å². The van der Waals surface area contributed by atoms with Crippen LogP contribution < -0.4 is 0 Å². The molecule has 0 aliphatic heterocycles. The maximum absolute atomic E-state index is 6.25. The molecule has 8 aromatic carbocycles. The number of fused-ring (bicyclic) bond motifs is 18. The number of hydrogen-bond donors (Lipinski definition) is 0. The molecule has 6 aliphatic rings. The Hall–Kier alpha value is -7.20. The lowest BCUT2D eigenvalue weighted by atomic mass is 9.65. The third kappa shape index (κ3) is 7.48. The lowest BCUT2D eigenvalue weighted by Gasteiger charge is -2.39. The van der Waals surface area contributed by atoms with Crippen molar-refractivity contribution in [2.45, 2.75) is 157 Å². The van der Waals surface area contributed by atoms with Gasteiger partial charge in [-0.15, -0.1) is 68.0 Å². The van der Waals surface area contributed by atoms with E-state index in [0.29, 0.717) is 0 Å². The SMILES string of the molecule is Cc1cc2c(o1)-c1ccc3c4c(ccc(c14)C2(C)C)-c1sc(C)cc1C3(C)C.Cc1cc2c(s1)-c1ccc3c4c(ccc(c14)C2(C)C)-c1sc2cc(C)sc2c1C3(C)C.Cc1ccc2sc3c(c2c1)C(C)(C)c1ccc2c4c(ccc-3c14)C(C)(C)c1c-2sc2ccc(C)cc12. The van der Waals surface area contributed by atoms with E-state index >= 15 is 0 Å². The molecule has 0 radical (unpaired) electrons. The number of furan rings is 1. The molecule has 0 fully saturated rings. The Morgan fingerprint density at radius 2 is 0.600 bits per heavy atom. The molecule has 0 spiro atoms. The molecule has 470 valence electrons. The van der Waals surface area contributed by atoms with Gasteiger partial charge in [-0.1, -0.05) is 191 Å². The summed E-state index contributed by atoms with van der Waals surface area (Å²) in [6.45, 7) is 42.1. The summed E-state index contributed by atoms with van der Waals surface area (Å²) in [6, 6.07) is 52.3. The van der Waals surface area contributed by atoms with E-state index in [9.17, 15) is 0 Å². The van der Waals surface area contributed by atoms with Gasteiger partial charge in [-0.3, -0.25) is 0 Å². The summed E-state index contributed by atoms with van der Waals surface area (Å²) >= 11 is 11.8. The van der Waals surface area contributed by atoms with E-state index < -0.39 is 0 Å². The quantitative estimate of drug-likeness (QED) is 0.147. The highest BCUT2D eigenvalue weighted by Crippen LogP contribution is 2.64. The molecule has 0 atom stereocenters. The lowest BCUT2D eigenvalue weighted by molar-refractivity contribution is 0.536. The molecule has 0 saturated heterocycles. The van der Waals surface area contributed by atoms with Crippen molar-refractivity contribution in [3.05, 3.63) is 232 Å². The molecule has 6 aliphatic carbocycles. The van der Waals surface area contributed by atoms with E-state index in [1.807, 2.05) is 68.0 Å². The molecule has 95 heavy (non-hydrogen) atoms. The fourth-order valence-corrected chi connectivity index (χ4v) is 27.0. The predicted molar refractivity (Wildman–Crippen MR) is 418 cm³/mol. The zero-order chi connectivity index (χ0) is 65.8. The number of rotatable bonds is 0. The van der Waals surface area contributed by atoms with Crippen LogP contribution in [0, 0.1) is 41.5 Å². The Labute approximate surface area is 581 Å². The highest BCUT2D eigenvalue weighted by molar-refractivity contribution is 7.30. The largest absolute Gasteiger partial charge is 0.461 e. The third-order valence-electron chi connectivity index (χ3n) is 23.6. The molecule has 7 aromatic heterocycles. The number of hydrogen-bond acceptors (Lipinski definition) is 7. The maximum atomic E-state index is 6.25. The van der Waals surface area contributed by atoms with Gasteiger partial charge in [-0.25, -0.2) is 0 Å². The summed E-state index contributed by atoms with van der Waals surface area (Å²) in [5.74, 6) is 2.05. The molecule has 0 bridgehead atoms. The first-order valence-corrected chi connectivity index (χ1v) is 38.8. The second-order valence-corrected chi connectivity index (χ2v) is 38.7. The summed E-state index contributed by atoms with van der Waals surface area (Å²) in [5, 5.41) is 11.7. The van der Waals surface area contributed by atoms with E-state index in [1.54, 1.807) is 5.56 Å². The zero-order valence-corrected chi connectivity index (χ0v) is 62.5. The summed E-state index contributed by atoms with van der Waals surface area (Å²) in [6.07, 6.45) is 0. The number of thiophene rings is 6. The van der Waals surface area contributed by atoms with Crippen LogP contribution in [0.2, 0.25) is 0 Å². The molecule has 7 heterocycles. The van der Waals surface area contributed by atoms with Crippen LogP contribution in [0.5, 0.6) is 0 Å². The fourth-order valence-electron chi connectivity index (χ4n) is 18.9. The van der Waals surface area contributed by atoms with Crippen molar-refractivity contribution >= 4 is 130 Å². The van der Waals surface area contributed by atoms with E-state index in [1.165, 1.54) is 207 Å². The molecule has 0 amide bonds. The minimum Gasteiger partial charge on any atom is -0.461 e. The highest BCUT2D eigenvalue weighted by Gasteiger charge is 2.46. The standard InChI is InChI=1S/C34H28S2.C28H24S3.C26H24OS/c1-17-7-13-25-21(15-17)29-31(35-25)19-9-12-24-28-20(10-11-23(27(19)28)33(29,3)4)32-30(34(24,5)6)22-16-18(2)8-14-26(22)36-32;1-13-11-19-24(29-13)15-7-10-18-22-16(8-9-17(21(15)22)27(19,3)4)25-23(28(18,5)6)26-20(31-25)12-14(2)30-26;1-13-11-19-23(27-13)15-7-9-18-22-16(8-10-17(21(15)22)25(19,3)4)24-20(26(18,5)6)12-14(2)28-24/h7-16H,1-6H3;7-12H,1-6H3;7-12H,1-6H3. The molecule has 21 rings (SSSR count). The molecule has 0 saturated carbocycles. The summed E-state index contributed by atoms with van der Waals surface area (Å²) < 4.78 is 12.0. The Kier molecular flexibility index (Phi) is 11.8. The zero-order valence-electron chi connectivity index (χ0n) is 57.6. The monoisotopic (exact) mass is 1340 g/mol. The molecular weight excluding hydrogens is 1270 g/mol. The van der Waals surface area contributed by atoms with Crippen LogP contribution in [-0.4, -0.2) is 0 Å². The Morgan fingerprint density at radius 1 is 0.263 bits per heavy atom. The normalized spacial score (nSPS) is 17.0. The van der Waals surface area contributed by atoms with Crippen molar-refractivity contribution in [1.29, 1.82) is 0 Å². The minimum absolute atomic E-state index is 0.00478.